The zero-order valence-corrected chi connectivity index (χ0v) is 11.1. The predicted octanol–water partition coefficient (Wildman–Crippen LogP) is 2.55. The van der Waals surface area contributed by atoms with E-state index < -0.39 is 0 Å². The Morgan fingerprint density at radius 2 is 2.00 bits per heavy atom. The van der Waals surface area contributed by atoms with Crippen molar-refractivity contribution in [2.75, 3.05) is 25.2 Å². The van der Waals surface area contributed by atoms with Crippen LogP contribution in [0.2, 0.25) is 0 Å². The van der Waals surface area contributed by atoms with Crippen LogP contribution in [0, 0.1) is 0 Å². The van der Waals surface area contributed by atoms with Crippen molar-refractivity contribution in [1.29, 1.82) is 0 Å². The molecule has 0 aliphatic carbocycles. The van der Waals surface area contributed by atoms with Crippen LogP contribution in [0.25, 0.3) is 0 Å². The number of amides is 1. The number of hydrogen-bond acceptors (Lipinski definition) is 4. The molecule has 2 aliphatic heterocycles. The topological polar surface area (TPSA) is 42.0 Å². The molecule has 0 spiro atoms. The van der Waals surface area contributed by atoms with Gasteiger partial charge in [-0.25, -0.2) is 14.8 Å². The Bertz CT molecular complexity index is 484. The first-order valence-corrected chi connectivity index (χ1v) is 6.69. The van der Waals surface area contributed by atoms with Gasteiger partial charge in [-0.2, -0.15) is 0 Å². The highest BCUT2D eigenvalue weighted by atomic mass is 16.6. The molecule has 5 heteroatoms. The molecule has 0 radical (unpaired) electrons. The van der Waals surface area contributed by atoms with E-state index in [2.05, 4.69) is 5.01 Å². The summed E-state index contributed by atoms with van der Waals surface area (Å²) in [7, 11) is 1.64. The fourth-order valence-corrected chi connectivity index (χ4v) is 2.73. The molecule has 0 saturated carbocycles. The van der Waals surface area contributed by atoms with E-state index in [4.69, 9.17) is 9.47 Å². The van der Waals surface area contributed by atoms with Crippen molar-refractivity contribution in [2.45, 2.75) is 25.9 Å². The summed E-state index contributed by atoms with van der Waals surface area (Å²) in [5.74, 6) is 0.770. The number of carbonyl (C=O) groups is 1. The number of carbonyl (C=O) groups excluding carboxylic acids is 1. The van der Waals surface area contributed by atoms with E-state index in [1.165, 1.54) is 6.42 Å². The van der Waals surface area contributed by atoms with Gasteiger partial charge in [-0.05, 0) is 25.0 Å². The molecule has 102 valence electrons. The quantitative estimate of drug-likeness (QED) is 0.821. The first-order valence-electron chi connectivity index (χ1n) is 6.69. The van der Waals surface area contributed by atoms with Crippen LogP contribution >= 0.6 is 0 Å². The Morgan fingerprint density at radius 3 is 2.74 bits per heavy atom. The van der Waals surface area contributed by atoms with Gasteiger partial charge in [0.2, 0.25) is 0 Å². The third-order valence-corrected chi connectivity index (χ3v) is 3.68. The van der Waals surface area contributed by atoms with Gasteiger partial charge in [0.15, 0.2) is 0 Å². The molecule has 3 rings (SSSR count). The van der Waals surface area contributed by atoms with Crippen LogP contribution in [0.1, 0.15) is 24.8 Å². The Kier molecular flexibility index (Phi) is 3.29. The van der Waals surface area contributed by atoms with E-state index in [1.807, 2.05) is 18.2 Å². The molecule has 1 fully saturated rings. The van der Waals surface area contributed by atoms with Crippen LogP contribution in [-0.4, -0.2) is 31.3 Å². The summed E-state index contributed by atoms with van der Waals surface area (Å²) < 4.78 is 10.6. The molecular weight excluding hydrogens is 244 g/mol. The van der Waals surface area contributed by atoms with Crippen LogP contribution < -0.4 is 9.75 Å². The summed E-state index contributed by atoms with van der Waals surface area (Å²) in [6, 6.07) is 5.76. The molecule has 1 amide bonds. The van der Waals surface area contributed by atoms with E-state index in [9.17, 15) is 4.79 Å². The summed E-state index contributed by atoms with van der Waals surface area (Å²) in [5.41, 5.74) is 1.83. The number of nitrogens with zero attached hydrogens (tertiary/aromatic N) is 2. The lowest BCUT2D eigenvalue weighted by atomic mass is 10.1. The van der Waals surface area contributed by atoms with Crippen molar-refractivity contribution in [2.24, 2.45) is 0 Å². The molecule has 0 bridgehead atoms. The Morgan fingerprint density at radius 1 is 1.21 bits per heavy atom. The van der Waals surface area contributed by atoms with E-state index in [0.717, 1.165) is 42.9 Å². The minimum Gasteiger partial charge on any atom is -0.496 e. The van der Waals surface area contributed by atoms with Crippen molar-refractivity contribution in [1.82, 2.24) is 5.01 Å². The van der Waals surface area contributed by atoms with Gasteiger partial charge >= 0.3 is 6.09 Å². The maximum Gasteiger partial charge on any atom is 0.429 e. The van der Waals surface area contributed by atoms with Crippen molar-refractivity contribution in [3.05, 3.63) is 23.8 Å². The third kappa shape index (κ3) is 2.14. The number of rotatable bonds is 2. The number of cyclic esters (lactones) is 1. The van der Waals surface area contributed by atoms with Gasteiger partial charge in [0, 0.05) is 13.1 Å². The van der Waals surface area contributed by atoms with Gasteiger partial charge < -0.3 is 9.47 Å². The highest BCUT2D eigenvalue weighted by Crippen LogP contribution is 2.35. The van der Waals surface area contributed by atoms with Gasteiger partial charge in [0.1, 0.15) is 12.4 Å². The van der Waals surface area contributed by atoms with Crippen molar-refractivity contribution < 1.29 is 14.3 Å². The summed E-state index contributed by atoms with van der Waals surface area (Å²) in [4.78, 5) is 12.1. The van der Waals surface area contributed by atoms with Crippen LogP contribution in [0.5, 0.6) is 5.75 Å². The SMILES string of the molecule is COc1cccc2c1COC(=O)N2N1CCCCC1. The van der Waals surface area contributed by atoms with Crippen molar-refractivity contribution >= 4 is 11.8 Å². The largest absolute Gasteiger partial charge is 0.496 e. The lowest BCUT2D eigenvalue weighted by Crippen LogP contribution is -2.51. The van der Waals surface area contributed by atoms with Gasteiger partial charge in [-0.3, -0.25) is 0 Å². The molecule has 1 aromatic carbocycles. The lowest BCUT2D eigenvalue weighted by Gasteiger charge is -2.39. The average molecular weight is 262 g/mol. The second-order valence-corrected chi connectivity index (χ2v) is 4.84. The van der Waals surface area contributed by atoms with Crippen LogP contribution in [0.3, 0.4) is 0 Å². The molecular formula is C14H18N2O3. The number of ether oxygens (including phenoxy) is 2. The lowest BCUT2D eigenvalue weighted by molar-refractivity contribution is 0.107. The highest BCUT2D eigenvalue weighted by molar-refractivity contribution is 5.90. The second-order valence-electron chi connectivity index (χ2n) is 4.84. The minimum atomic E-state index is -0.289. The highest BCUT2D eigenvalue weighted by Gasteiger charge is 2.32. The fraction of sp³-hybridized carbons (Fsp3) is 0.500. The molecule has 0 aromatic heterocycles. The van der Waals surface area contributed by atoms with Crippen molar-refractivity contribution in [3.63, 3.8) is 0 Å². The van der Waals surface area contributed by atoms with Crippen LogP contribution in [0.15, 0.2) is 18.2 Å². The Balaban J connectivity index is 1.98. The molecule has 0 unspecified atom stereocenters. The number of methoxy groups -OCH3 is 1. The van der Waals surface area contributed by atoms with Gasteiger partial charge in [-0.15, -0.1) is 0 Å². The first-order chi connectivity index (χ1) is 9.31. The zero-order valence-electron chi connectivity index (χ0n) is 11.1. The van der Waals surface area contributed by atoms with E-state index in [1.54, 1.807) is 12.1 Å². The third-order valence-electron chi connectivity index (χ3n) is 3.68. The molecule has 0 N–H and O–H groups in total. The average Bonchev–Trinajstić information content (AvgIpc) is 2.47. The van der Waals surface area contributed by atoms with E-state index >= 15 is 0 Å². The number of hydrazine groups is 1. The predicted molar refractivity (Wildman–Crippen MR) is 71.1 cm³/mol. The number of benzene rings is 1. The van der Waals surface area contributed by atoms with Crippen LogP contribution in [-0.2, 0) is 11.3 Å². The molecule has 2 heterocycles. The smallest absolute Gasteiger partial charge is 0.429 e. The van der Waals surface area contributed by atoms with Crippen LogP contribution in [0.4, 0.5) is 10.5 Å². The van der Waals surface area contributed by atoms with Gasteiger partial charge in [0.25, 0.3) is 0 Å². The Labute approximate surface area is 112 Å². The standard InChI is InChI=1S/C14H18N2O3/c1-18-13-7-5-6-12-11(13)10-19-14(17)16(12)15-8-3-2-4-9-15/h5-7H,2-4,8-10H2,1H3. The number of piperidine rings is 1. The first kappa shape index (κ1) is 12.3. The molecule has 5 nitrogen and oxygen atoms in total. The summed E-state index contributed by atoms with van der Waals surface area (Å²) >= 11 is 0. The van der Waals surface area contributed by atoms with Gasteiger partial charge in [0.05, 0.1) is 18.4 Å². The molecule has 0 atom stereocenters. The summed E-state index contributed by atoms with van der Waals surface area (Å²) in [6.07, 6.45) is 3.17. The van der Waals surface area contributed by atoms with Gasteiger partial charge in [-0.1, -0.05) is 12.5 Å². The van der Waals surface area contributed by atoms with E-state index in [0.29, 0.717) is 0 Å². The summed E-state index contributed by atoms with van der Waals surface area (Å²) in [6.45, 7) is 2.07. The maximum atomic E-state index is 12.1. The maximum absolute atomic E-state index is 12.1. The number of hydrogen-bond donors (Lipinski definition) is 0. The fourth-order valence-electron chi connectivity index (χ4n) is 2.73. The molecule has 19 heavy (non-hydrogen) atoms. The molecule has 2 aliphatic rings. The molecule has 1 aromatic rings. The molecule has 1 saturated heterocycles. The van der Waals surface area contributed by atoms with Crippen molar-refractivity contribution in [3.8, 4) is 5.75 Å². The zero-order chi connectivity index (χ0) is 13.2. The monoisotopic (exact) mass is 262 g/mol. The normalized spacial score (nSPS) is 19.8. The summed E-state index contributed by atoms with van der Waals surface area (Å²) in [5, 5.41) is 3.74. The Hall–Kier alpha value is -1.75. The minimum absolute atomic E-state index is 0.280. The number of fused-ring (bicyclic) bond motifs is 1. The van der Waals surface area contributed by atoms with E-state index in [-0.39, 0.29) is 12.7 Å². The number of anilines is 1. The second kappa shape index (κ2) is 5.09.